The van der Waals surface area contributed by atoms with Gasteiger partial charge in [-0.05, 0) is 74.0 Å². The SMILES string of the molecule is CC(=O)OCCN=C(N)NC(=O)Cn1c(-c2ccccc2)ccc1C12CC3CC(CC(C3)C1)C2. The molecule has 2 aromatic rings. The summed E-state index contributed by atoms with van der Waals surface area (Å²) in [5.41, 5.74) is 9.56. The molecule has 1 heterocycles. The average Bonchev–Trinajstić information content (AvgIpc) is 3.20. The van der Waals surface area contributed by atoms with Crippen LogP contribution in [0, 0.1) is 17.8 Å². The van der Waals surface area contributed by atoms with Crippen molar-refractivity contribution in [2.24, 2.45) is 28.5 Å². The second-order valence-corrected chi connectivity index (χ2v) is 10.4. The summed E-state index contributed by atoms with van der Waals surface area (Å²) >= 11 is 0. The number of hydrogen-bond acceptors (Lipinski definition) is 4. The number of aliphatic imine (C=N–C) groups is 1. The van der Waals surface area contributed by atoms with Crippen molar-refractivity contribution in [1.29, 1.82) is 0 Å². The van der Waals surface area contributed by atoms with Gasteiger partial charge in [0.2, 0.25) is 5.91 Å². The van der Waals surface area contributed by atoms with Gasteiger partial charge in [-0.25, -0.2) is 4.99 Å². The highest BCUT2D eigenvalue weighted by molar-refractivity contribution is 5.96. The highest BCUT2D eigenvalue weighted by atomic mass is 16.5. The number of amides is 1. The minimum absolute atomic E-state index is 0.0434. The molecule has 4 aliphatic rings. The Labute approximate surface area is 200 Å². The number of esters is 1. The highest BCUT2D eigenvalue weighted by Crippen LogP contribution is 2.61. The zero-order chi connectivity index (χ0) is 23.7. The second-order valence-electron chi connectivity index (χ2n) is 10.4. The van der Waals surface area contributed by atoms with Crippen LogP contribution < -0.4 is 11.1 Å². The van der Waals surface area contributed by atoms with Crippen LogP contribution in [-0.2, 0) is 26.3 Å². The minimum Gasteiger partial charge on any atom is -0.464 e. The van der Waals surface area contributed by atoms with E-state index in [-0.39, 0.29) is 42.9 Å². The fraction of sp³-hybridized carbons (Fsp3) is 0.519. The van der Waals surface area contributed by atoms with Gasteiger partial charge in [0, 0.05) is 23.7 Å². The molecule has 7 nitrogen and oxygen atoms in total. The summed E-state index contributed by atoms with van der Waals surface area (Å²) in [7, 11) is 0. The van der Waals surface area contributed by atoms with E-state index in [1.54, 1.807) is 0 Å². The molecule has 34 heavy (non-hydrogen) atoms. The smallest absolute Gasteiger partial charge is 0.302 e. The van der Waals surface area contributed by atoms with E-state index in [0.29, 0.717) is 0 Å². The van der Waals surface area contributed by atoms with Gasteiger partial charge in [0.05, 0.1) is 6.54 Å². The summed E-state index contributed by atoms with van der Waals surface area (Å²) in [5.74, 6) is 1.95. The quantitative estimate of drug-likeness (QED) is 0.284. The molecule has 1 aromatic heterocycles. The molecule has 4 aliphatic carbocycles. The summed E-state index contributed by atoms with van der Waals surface area (Å²) in [6, 6.07) is 14.7. The largest absolute Gasteiger partial charge is 0.464 e. The standard InChI is InChI=1S/C27H34N4O3/c1-18(32)34-10-9-29-26(28)30-25(33)17-31-23(22-5-3-2-4-6-22)7-8-24(31)27-14-19-11-20(15-27)13-21(12-19)16-27/h2-8,19-21H,9-17H2,1H3,(H3,28,29,30,33). The molecule has 180 valence electrons. The van der Waals surface area contributed by atoms with E-state index in [2.05, 4.69) is 39.1 Å². The van der Waals surface area contributed by atoms with Gasteiger partial charge >= 0.3 is 5.97 Å². The van der Waals surface area contributed by atoms with Gasteiger partial charge in [-0.15, -0.1) is 0 Å². The topological polar surface area (TPSA) is 98.7 Å². The Morgan fingerprint density at radius 2 is 1.71 bits per heavy atom. The molecule has 0 unspecified atom stereocenters. The maximum absolute atomic E-state index is 13.0. The van der Waals surface area contributed by atoms with Crippen molar-refractivity contribution < 1.29 is 14.3 Å². The molecule has 0 atom stereocenters. The number of nitrogens with zero attached hydrogens (tertiary/aromatic N) is 2. The second kappa shape index (κ2) is 9.28. The summed E-state index contributed by atoms with van der Waals surface area (Å²) in [5, 5.41) is 2.71. The first-order valence-corrected chi connectivity index (χ1v) is 12.4. The fourth-order valence-corrected chi connectivity index (χ4v) is 7.11. The number of ether oxygens (including phenoxy) is 1. The number of rotatable bonds is 7. The van der Waals surface area contributed by atoms with Crippen molar-refractivity contribution in [3.8, 4) is 11.3 Å². The maximum Gasteiger partial charge on any atom is 0.302 e. The predicted molar refractivity (Wildman–Crippen MR) is 131 cm³/mol. The summed E-state index contributed by atoms with van der Waals surface area (Å²) in [6.07, 6.45) is 7.85. The van der Waals surface area contributed by atoms with Crippen LogP contribution in [0.4, 0.5) is 0 Å². The molecule has 4 fully saturated rings. The first kappa shape index (κ1) is 22.7. The average molecular weight is 463 g/mol. The molecule has 0 saturated heterocycles. The number of carbonyl (C=O) groups is 2. The van der Waals surface area contributed by atoms with Crippen LogP contribution in [0.25, 0.3) is 11.3 Å². The van der Waals surface area contributed by atoms with E-state index in [9.17, 15) is 9.59 Å². The van der Waals surface area contributed by atoms with Crippen molar-refractivity contribution in [3.63, 3.8) is 0 Å². The Bertz CT molecular complexity index is 1050. The van der Waals surface area contributed by atoms with Gasteiger partial charge in [-0.1, -0.05) is 30.3 Å². The van der Waals surface area contributed by atoms with Gasteiger partial charge in [-0.2, -0.15) is 0 Å². The van der Waals surface area contributed by atoms with Crippen LogP contribution in [0.2, 0.25) is 0 Å². The van der Waals surface area contributed by atoms with Gasteiger partial charge < -0.3 is 15.0 Å². The molecule has 7 heteroatoms. The number of hydrogen-bond donors (Lipinski definition) is 2. The monoisotopic (exact) mass is 462 g/mol. The molecular weight excluding hydrogens is 428 g/mol. The zero-order valence-electron chi connectivity index (χ0n) is 19.8. The van der Waals surface area contributed by atoms with Gasteiger partial charge in [0.1, 0.15) is 13.2 Å². The number of nitrogens with two attached hydrogens (primary N) is 1. The van der Waals surface area contributed by atoms with E-state index in [1.165, 1.54) is 51.1 Å². The first-order chi connectivity index (χ1) is 16.4. The van der Waals surface area contributed by atoms with Crippen LogP contribution in [0.1, 0.15) is 51.1 Å². The molecule has 1 aromatic carbocycles. The highest BCUT2D eigenvalue weighted by Gasteiger charge is 2.52. The van der Waals surface area contributed by atoms with Gasteiger partial charge in [-0.3, -0.25) is 14.9 Å². The Balaban J connectivity index is 1.39. The third-order valence-electron chi connectivity index (χ3n) is 7.88. The van der Waals surface area contributed by atoms with E-state index >= 15 is 0 Å². The zero-order valence-corrected chi connectivity index (χ0v) is 19.8. The summed E-state index contributed by atoms with van der Waals surface area (Å²) < 4.78 is 7.07. The number of nitrogens with one attached hydrogen (secondary N) is 1. The number of benzene rings is 1. The third kappa shape index (κ3) is 4.61. The number of guanidine groups is 1. The van der Waals surface area contributed by atoms with Crippen molar-refractivity contribution in [1.82, 2.24) is 9.88 Å². The molecule has 0 aliphatic heterocycles. The van der Waals surface area contributed by atoms with Gasteiger partial charge in [0.25, 0.3) is 0 Å². The van der Waals surface area contributed by atoms with Crippen molar-refractivity contribution in [2.75, 3.05) is 13.2 Å². The lowest BCUT2D eigenvalue weighted by atomic mass is 9.49. The minimum atomic E-state index is -0.365. The number of carbonyl (C=O) groups excluding carboxylic acids is 2. The Hall–Kier alpha value is -3.09. The third-order valence-corrected chi connectivity index (χ3v) is 7.88. The van der Waals surface area contributed by atoms with E-state index < -0.39 is 0 Å². The fourth-order valence-electron chi connectivity index (χ4n) is 7.11. The first-order valence-electron chi connectivity index (χ1n) is 12.4. The Kier molecular flexibility index (Phi) is 6.19. The molecule has 4 saturated carbocycles. The number of aromatic nitrogens is 1. The summed E-state index contributed by atoms with van der Waals surface area (Å²) in [6.45, 7) is 1.88. The molecular formula is C27H34N4O3. The Morgan fingerprint density at radius 1 is 1.06 bits per heavy atom. The lowest BCUT2D eigenvalue weighted by molar-refractivity contribution is -0.140. The molecule has 1 amide bonds. The van der Waals surface area contributed by atoms with Crippen molar-refractivity contribution in [2.45, 2.75) is 57.4 Å². The lowest BCUT2D eigenvalue weighted by Crippen LogP contribution is -2.49. The molecule has 4 bridgehead atoms. The van der Waals surface area contributed by atoms with Crippen molar-refractivity contribution >= 4 is 17.8 Å². The summed E-state index contributed by atoms with van der Waals surface area (Å²) in [4.78, 5) is 28.0. The predicted octanol–water partition coefficient (Wildman–Crippen LogP) is 3.62. The lowest BCUT2D eigenvalue weighted by Gasteiger charge is -2.57. The Morgan fingerprint density at radius 3 is 2.32 bits per heavy atom. The molecule has 6 rings (SSSR count). The van der Waals surface area contributed by atoms with Crippen LogP contribution in [0.3, 0.4) is 0 Å². The van der Waals surface area contributed by atoms with E-state index in [4.69, 9.17) is 10.5 Å². The van der Waals surface area contributed by atoms with Crippen LogP contribution in [0.5, 0.6) is 0 Å². The van der Waals surface area contributed by atoms with E-state index in [1.807, 2.05) is 18.2 Å². The normalized spacial score (nSPS) is 27.6. The molecule has 0 spiro atoms. The maximum atomic E-state index is 13.0. The molecule has 0 radical (unpaired) electrons. The van der Waals surface area contributed by atoms with E-state index in [0.717, 1.165) is 29.0 Å². The van der Waals surface area contributed by atoms with Crippen molar-refractivity contribution in [3.05, 3.63) is 48.2 Å². The van der Waals surface area contributed by atoms with Crippen LogP contribution >= 0.6 is 0 Å². The van der Waals surface area contributed by atoms with Crippen LogP contribution in [-0.4, -0.2) is 35.6 Å². The van der Waals surface area contributed by atoms with Gasteiger partial charge in [0.15, 0.2) is 5.96 Å². The molecule has 3 N–H and O–H groups in total. The van der Waals surface area contributed by atoms with Crippen LogP contribution in [0.15, 0.2) is 47.5 Å².